The van der Waals surface area contributed by atoms with Crippen molar-refractivity contribution in [3.05, 3.63) is 50.8 Å². The van der Waals surface area contributed by atoms with Gasteiger partial charge in [0.05, 0.1) is 16.2 Å². The summed E-state index contributed by atoms with van der Waals surface area (Å²) in [5, 5.41) is 22.8. The fourth-order valence-corrected chi connectivity index (χ4v) is 2.20. The first kappa shape index (κ1) is 19.2. The Morgan fingerprint density at radius 1 is 1.15 bits per heavy atom. The number of aromatic nitrogens is 2. The van der Waals surface area contributed by atoms with E-state index in [4.69, 9.17) is 5.11 Å². The summed E-state index contributed by atoms with van der Waals surface area (Å²) in [7, 11) is 0. The quantitative estimate of drug-likeness (QED) is 0.494. The first-order valence-corrected chi connectivity index (χ1v) is 6.50. The van der Waals surface area contributed by atoms with E-state index >= 15 is 0 Å². The summed E-state index contributed by atoms with van der Waals surface area (Å²) in [4.78, 5) is 21.1. The van der Waals surface area contributed by atoms with Gasteiger partial charge in [-0.25, -0.2) is 9.48 Å². The van der Waals surface area contributed by atoms with Gasteiger partial charge in [0, 0.05) is 18.2 Å². The average Bonchev–Trinajstić information content (AvgIpc) is 2.90. The number of carboxylic acid groups (broad SMARTS) is 1. The number of aromatic carboxylic acids is 1. The number of alkyl halides is 6. The van der Waals surface area contributed by atoms with Gasteiger partial charge in [0.2, 0.25) is 0 Å². The third kappa shape index (κ3) is 3.45. The Labute approximate surface area is 139 Å². The molecule has 0 aliphatic carbocycles. The van der Waals surface area contributed by atoms with Gasteiger partial charge >= 0.3 is 18.3 Å². The van der Waals surface area contributed by atoms with Crippen LogP contribution in [-0.2, 0) is 12.4 Å². The van der Waals surface area contributed by atoms with Crippen molar-refractivity contribution in [1.29, 1.82) is 0 Å². The molecule has 2 rings (SSSR count). The number of carbonyl (C=O) groups is 1. The average molecular weight is 383 g/mol. The molecule has 0 aliphatic rings. The molecule has 13 heteroatoms. The lowest BCUT2D eigenvalue weighted by molar-refractivity contribution is -0.384. The second kappa shape index (κ2) is 6.00. The van der Waals surface area contributed by atoms with Crippen molar-refractivity contribution in [3.63, 3.8) is 0 Å². The molecule has 0 atom stereocenters. The van der Waals surface area contributed by atoms with Crippen LogP contribution in [0.5, 0.6) is 0 Å². The van der Waals surface area contributed by atoms with E-state index in [-0.39, 0.29) is 16.3 Å². The number of halogens is 6. The van der Waals surface area contributed by atoms with Crippen LogP contribution in [0.4, 0.5) is 32.0 Å². The zero-order valence-electron chi connectivity index (χ0n) is 12.5. The molecule has 1 aromatic carbocycles. The zero-order chi connectivity index (χ0) is 20.0. The summed E-state index contributed by atoms with van der Waals surface area (Å²) in [6.45, 7) is 1.02. The van der Waals surface area contributed by atoms with Gasteiger partial charge in [-0.1, -0.05) is 0 Å². The lowest BCUT2D eigenvalue weighted by atomic mass is 10.1. The minimum Gasteiger partial charge on any atom is -0.478 e. The van der Waals surface area contributed by atoms with Crippen molar-refractivity contribution < 1.29 is 41.2 Å². The number of hydrogen-bond donors (Lipinski definition) is 1. The summed E-state index contributed by atoms with van der Waals surface area (Å²) < 4.78 is 77.5. The largest absolute Gasteiger partial charge is 0.478 e. The first-order chi connectivity index (χ1) is 11.7. The number of nitro benzene ring substituents is 1. The van der Waals surface area contributed by atoms with Gasteiger partial charge in [-0.2, -0.15) is 31.4 Å². The van der Waals surface area contributed by atoms with Gasteiger partial charge in [-0.15, -0.1) is 0 Å². The number of rotatable bonds is 3. The van der Waals surface area contributed by atoms with E-state index in [1.165, 1.54) is 0 Å². The lowest BCUT2D eigenvalue weighted by Gasteiger charge is -2.14. The Morgan fingerprint density at radius 2 is 1.73 bits per heavy atom. The summed E-state index contributed by atoms with van der Waals surface area (Å²) in [6.07, 6.45) is -10.5. The van der Waals surface area contributed by atoms with Crippen LogP contribution in [-0.4, -0.2) is 25.8 Å². The molecule has 0 spiro atoms. The molecule has 2 aromatic rings. The van der Waals surface area contributed by atoms with Gasteiger partial charge in [-0.3, -0.25) is 10.1 Å². The molecule has 0 radical (unpaired) electrons. The Morgan fingerprint density at radius 3 is 2.15 bits per heavy atom. The number of carboxylic acids is 1. The summed E-state index contributed by atoms with van der Waals surface area (Å²) in [6, 6.07) is 0.906. The maximum Gasteiger partial charge on any atom is 0.435 e. The van der Waals surface area contributed by atoms with Crippen molar-refractivity contribution in [2.75, 3.05) is 0 Å². The van der Waals surface area contributed by atoms with Crippen LogP contribution < -0.4 is 0 Å². The molecule has 0 saturated heterocycles. The van der Waals surface area contributed by atoms with Crippen LogP contribution in [0.1, 0.15) is 27.3 Å². The third-order valence-corrected chi connectivity index (χ3v) is 3.23. The molecule has 140 valence electrons. The molecular formula is C13H7F6N3O4. The highest BCUT2D eigenvalue weighted by Crippen LogP contribution is 2.38. The fourth-order valence-electron chi connectivity index (χ4n) is 2.20. The van der Waals surface area contributed by atoms with E-state index in [2.05, 4.69) is 5.10 Å². The van der Waals surface area contributed by atoms with Crippen molar-refractivity contribution in [1.82, 2.24) is 9.78 Å². The van der Waals surface area contributed by atoms with E-state index in [1.54, 1.807) is 0 Å². The summed E-state index contributed by atoms with van der Waals surface area (Å²) in [5.41, 5.74) is -6.74. The Balaban J connectivity index is 2.89. The lowest BCUT2D eigenvalue weighted by Crippen LogP contribution is -2.17. The van der Waals surface area contributed by atoms with E-state index in [0.29, 0.717) is 6.07 Å². The van der Waals surface area contributed by atoms with Crippen molar-refractivity contribution in [2.24, 2.45) is 0 Å². The van der Waals surface area contributed by atoms with E-state index < -0.39 is 51.6 Å². The molecular weight excluding hydrogens is 376 g/mol. The van der Waals surface area contributed by atoms with Crippen LogP contribution in [0.2, 0.25) is 0 Å². The Hall–Kier alpha value is -3.12. The number of benzene rings is 1. The Bertz CT molecular complexity index is 901. The number of hydrogen-bond acceptors (Lipinski definition) is 4. The molecule has 7 nitrogen and oxygen atoms in total. The molecule has 0 bridgehead atoms. The topological polar surface area (TPSA) is 98.3 Å². The number of non-ortho nitro benzene ring substituents is 1. The maximum absolute atomic E-state index is 13.1. The Kier molecular flexibility index (Phi) is 4.43. The normalized spacial score (nSPS) is 12.3. The SMILES string of the molecule is Cc1cc([N+](=O)[O-])cc(C(=O)O)c1-n1nc(C(F)(F)F)cc1C(F)(F)F. The van der Waals surface area contributed by atoms with Crippen LogP contribution in [0.3, 0.4) is 0 Å². The number of aryl methyl sites for hydroxylation is 1. The predicted octanol–water partition coefficient (Wildman–Crippen LogP) is 3.82. The minimum absolute atomic E-state index is 0.217. The number of nitro groups is 1. The highest BCUT2D eigenvalue weighted by molar-refractivity contribution is 5.93. The second-order valence-electron chi connectivity index (χ2n) is 5.04. The van der Waals surface area contributed by atoms with Crippen molar-refractivity contribution in [3.8, 4) is 5.69 Å². The van der Waals surface area contributed by atoms with E-state index in [0.717, 1.165) is 13.0 Å². The highest BCUT2D eigenvalue weighted by atomic mass is 19.4. The molecule has 0 saturated carbocycles. The van der Waals surface area contributed by atoms with Crippen LogP contribution in [0, 0.1) is 17.0 Å². The molecule has 0 unspecified atom stereocenters. The van der Waals surface area contributed by atoms with Gasteiger partial charge in [0.1, 0.15) is 5.69 Å². The number of nitrogens with zero attached hydrogens (tertiary/aromatic N) is 3. The third-order valence-electron chi connectivity index (χ3n) is 3.23. The van der Waals surface area contributed by atoms with Gasteiger partial charge < -0.3 is 5.11 Å². The molecule has 1 heterocycles. The van der Waals surface area contributed by atoms with E-state index in [1.807, 2.05) is 0 Å². The van der Waals surface area contributed by atoms with Crippen LogP contribution in [0.25, 0.3) is 5.69 Å². The van der Waals surface area contributed by atoms with Gasteiger partial charge in [-0.05, 0) is 12.5 Å². The van der Waals surface area contributed by atoms with Crippen LogP contribution >= 0.6 is 0 Å². The van der Waals surface area contributed by atoms with Gasteiger partial charge in [0.15, 0.2) is 5.69 Å². The summed E-state index contributed by atoms with van der Waals surface area (Å²) >= 11 is 0. The molecule has 1 aromatic heterocycles. The van der Waals surface area contributed by atoms with Crippen molar-refractivity contribution in [2.45, 2.75) is 19.3 Å². The van der Waals surface area contributed by atoms with Crippen molar-refractivity contribution >= 4 is 11.7 Å². The molecule has 26 heavy (non-hydrogen) atoms. The predicted molar refractivity (Wildman–Crippen MR) is 71.9 cm³/mol. The van der Waals surface area contributed by atoms with Gasteiger partial charge in [0.25, 0.3) is 5.69 Å². The molecule has 1 N–H and O–H groups in total. The van der Waals surface area contributed by atoms with Crippen LogP contribution in [0.15, 0.2) is 18.2 Å². The molecule has 0 aliphatic heterocycles. The second-order valence-corrected chi connectivity index (χ2v) is 5.04. The first-order valence-electron chi connectivity index (χ1n) is 6.50. The fraction of sp³-hybridized carbons (Fsp3) is 0.231. The zero-order valence-corrected chi connectivity index (χ0v) is 12.5. The monoisotopic (exact) mass is 383 g/mol. The standard InChI is InChI=1S/C13H7F6N3O4/c1-5-2-6(22(25)26)3-7(11(23)24)10(5)21-9(13(17,18)19)4-8(20-21)12(14,15)16/h2-4H,1H3,(H,23,24). The molecule has 0 amide bonds. The van der Waals surface area contributed by atoms with E-state index in [9.17, 15) is 41.3 Å². The summed E-state index contributed by atoms with van der Waals surface area (Å²) in [5.74, 6) is -1.87. The minimum atomic E-state index is -5.29. The molecule has 0 fully saturated rings. The highest BCUT2D eigenvalue weighted by Gasteiger charge is 2.43. The smallest absolute Gasteiger partial charge is 0.435 e. The maximum atomic E-state index is 13.1.